The zero-order chi connectivity index (χ0) is 16.2. The average Bonchev–Trinajstić information content (AvgIpc) is 2.48. The van der Waals surface area contributed by atoms with Crippen LogP contribution in [0.3, 0.4) is 0 Å². The number of benzene rings is 1. The van der Waals surface area contributed by atoms with E-state index in [4.69, 9.17) is 9.47 Å². The molecule has 1 amide bonds. The summed E-state index contributed by atoms with van der Waals surface area (Å²) in [6.45, 7) is -0.220. The zero-order valence-electron chi connectivity index (χ0n) is 12.0. The van der Waals surface area contributed by atoms with Crippen molar-refractivity contribution in [2.45, 2.75) is 0 Å². The molecule has 1 aromatic carbocycles. The number of amides is 1. The summed E-state index contributed by atoms with van der Waals surface area (Å²) in [7, 11) is 5.16. The van der Waals surface area contributed by atoms with Crippen LogP contribution in [0, 0.1) is 10.7 Å². The van der Waals surface area contributed by atoms with Gasteiger partial charge in [-0.25, -0.2) is 4.84 Å². The highest BCUT2D eigenvalue weighted by Gasteiger charge is 2.34. The van der Waals surface area contributed by atoms with E-state index in [0.717, 1.165) is 12.0 Å². The van der Waals surface area contributed by atoms with Crippen LogP contribution in [0.2, 0.25) is 0 Å². The van der Waals surface area contributed by atoms with Crippen molar-refractivity contribution in [2.24, 2.45) is 0 Å². The van der Waals surface area contributed by atoms with E-state index in [-0.39, 0.29) is 27.4 Å². The van der Waals surface area contributed by atoms with Gasteiger partial charge < -0.3 is 14.4 Å². The maximum Gasteiger partial charge on any atom is 0.376 e. The summed E-state index contributed by atoms with van der Waals surface area (Å²) < 4.78 is 24.0. The van der Waals surface area contributed by atoms with Gasteiger partial charge in [-0.2, -0.15) is 4.39 Å². The molecule has 1 rings (SSSR count). The Morgan fingerprint density at radius 2 is 2.05 bits per heavy atom. The normalized spacial score (nSPS) is 10.2. The van der Waals surface area contributed by atoms with Gasteiger partial charge in [-0.05, 0) is 15.9 Å². The van der Waals surface area contributed by atoms with Crippen LogP contribution >= 0.6 is 15.9 Å². The molecular weight excluding hydrogens is 351 g/mol. The zero-order valence-corrected chi connectivity index (χ0v) is 13.6. The van der Waals surface area contributed by atoms with E-state index in [9.17, 15) is 14.1 Å². The monoisotopic (exact) mass is 365 g/mol. The van der Waals surface area contributed by atoms with Gasteiger partial charge in [-0.1, -0.05) is 0 Å². The molecule has 0 aromatic heterocycles. The standard InChI is InChI=1S/C12H15BrFN2O5/c1-15(9(17)6-19-2)7-5-8(20-3)10(13)11(14)12(7)16(18)21-4/h5H,6H2,1-4H3/q+1. The molecule has 0 atom stereocenters. The van der Waals surface area contributed by atoms with Gasteiger partial charge in [0.2, 0.25) is 5.82 Å². The van der Waals surface area contributed by atoms with Crippen molar-refractivity contribution < 1.29 is 28.4 Å². The molecule has 9 heteroatoms. The molecular formula is C12H15BrFN2O5+. The fourth-order valence-corrected chi connectivity index (χ4v) is 2.07. The van der Waals surface area contributed by atoms with Crippen LogP contribution in [-0.2, 0) is 14.4 Å². The minimum absolute atomic E-state index is 0.00792. The number of nitrogens with zero attached hydrogens (tertiary/aromatic N) is 2. The largest absolute Gasteiger partial charge is 0.495 e. The van der Waals surface area contributed by atoms with Gasteiger partial charge in [-0.3, -0.25) is 4.79 Å². The summed E-state index contributed by atoms with van der Waals surface area (Å²) in [4.78, 5) is 29.1. The number of hydrogen-bond acceptors (Lipinski definition) is 5. The van der Waals surface area contributed by atoms with Crippen LogP contribution in [0.15, 0.2) is 10.5 Å². The first-order valence-corrected chi connectivity index (χ1v) is 6.51. The Kier molecular flexibility index (Phi) is 6.03. The second kappa shape index (κ2) is 7.32. The van der Waals surface area contributed by atoms with E-state index >= 15 is 0 Å². The van der Waals surface area contributed by atoms with Crippen molar-refractivity contribution >= 4 is 33.2 Å². The lowest BCUT2D eigenvalue weighted by Crippen LogP contribution is -2.30. The second-order valence-electron chi connectivity index (χ2n) is 3.90. The highest BCUT2D eigenvalue weighted by atomic mass is 79.9. The molecule has 0 bridgehead atoms. The molecule has 0 aliphatic rings. The fraction of sp³-hybridized carbons (Fsp3) is 0.417. The van der Waals surface area contributed by atoms with Crippen molar-refractivity contribution in [1.82, 2.24) is 0 Å². The van der Waals surface area contributed by atoms with Crippen LogP contribution in [0.1, 0.15) is 0 Å². The Morgan fingerprint density at radius 1 is 1.43 bits per heavy atom. The molecule has 0 fully saturated rings. The first-order valence-electron chi connectivity index (χ1n) is 5.71. The topological polar surface area (TPSA) is 68.1 Å². The molecule has 0 unspecified atom stereocenters. The number of halogens is 2. The minimum atomic E-state index is -0.904. The van der Waals surface area contributed by atoms with Crippen molar-refractivity contribution in [3.63, 3.8) is 0 Å². The lowest BCUT2D eigenvalue weighted by Gasteiger charge is -2.18. The first-order chi connectivity index (χ1) is 9.88. The smallest absolute Gasteiger partial charge is 0.376 e. The number of rotatable bonds is 6. The van der Waals surface area contributed by atoms with E-state index in [1.807, 2.05) is 0 Å². The number of likely N-dealkylation sites (N-methyl/N-ethyl adjacent to an activating group) is 1. The van der Waals surface area contributed by atoms with Gasteiger partial charge in [0.25, 0.3) is 10.8 Å². The summed E-state index contributed by atoms with van der Waals surface area (Å²) >= 11 is 2.99. The maximum absolute atomic E-state index is 14.3. The molecule has 0 aliphatic carbocycles. The van der Waals surface area contributed by atoms with E-state index in [1.54, 1.807) is 0 Å². The Balaban J connectivity index is 3.50. The molecule has 21 heavy (non-hydrogen) atoms. The highest BCUT2D eigenvalue weighted by Crippen LogP contribution is 2.41. The molecule has 0 aliphatic heterocycles. The van der Waals surface area contributed by atoms with E-state index < -0.39 is 17.4 Å². The van der Waals surface area contributed by atoms with Crippen LogP contribution in [0.25, 0.3) is 0 Å². The minimum Gasteiger partial charge on any atom is -0.495 e. The lowest BCUT2D eigenvalue weighted by atomic mass is 10.2. The average molecular weight is 366 g/mol. The predicted molar refractivity (Wildman–Crippen MR) is 76.2 cm³/mol. The number of ether oxygens (including phenoxy) is 2. The van der Waals surface area contributed by atoms with Gasteiger partial charge in [0.15, 0.2) is 7.11 Å². The van der Waals surface area contributed by atoms with Crippen molar-refractivity contribution in [2.75, 3.05) is 39.9 Å². The molecule has 0 spiro atoms. The second-order valence-corrected chi connectivity index (χ2v) is 4.69. The molecule has 0 radical (unpaired) electrons. The summed E-state index contributed by atoms with van der Waals surface area (Å²) in [6.07, 6.45) is 0. The lowest BCUT2D eigenvalue weighted by molar-refractivity contribution is -0.737. The first kappa shape index (κ1) is 17.3. The highest BCUT2D eigenvalue weighted by molar-refractivity contribution is 9.10. The third-order valence-corrected chi connectivity index (χ3v) is 3.44. The van der Waals surface area contributed by atoms with Gasteiger partial charge in [0, 0.05) is 20.2 Å². The third-order valence-electron chi connectivity index (χ3n) is 2.70. The Morgan fingerprint density at radius 3 is 2.52 bits per heavy atom. The Labute approximate surface area is 129 Å². The van der Waals surface area contributed by atoms with Crippen LogP contribution in [0.5, 0.6) is 5.75 Å². The van der Waals surface area contributed by atoms with Crippen molar-refractivity contribution in [3.8, 4) is 5.75 Å². The van der Waals surface area contributed by atoms with E-state index in [0.29, 0.717) is 0 Å². The maximum atomic E-state index is 14.3. The van der Waals surface area contributed by atoms with E-state index in [2.05, 4.69) is 20.8 Å². The number of methoxy groups -OCH3 is 2. The van der Waals surface area contributed by atoms with Crippen LogP contribution in [-0.4, -0.2) is 45.8 Å². The molecule has 0 N–H and O–H groups in total. The van der Waals surface area contributed by atoms with Crippen LogP contribution < -0.4 is 9.64 Å². The van der Waals surface area contributed by atoms with Gasteiger partial charge in [0.1, 0.15) is 22.5 Å². The van der Waals surface area contributed by atoms with E-state index in [1.165, 1.54) is 27.3 Å². The quantitative estimate of drug-likeness (QED) is 0.722. The molecule has 1 aromatic rings. The van der Waals surface area contributed by atoms with Gasteiger partial charge in [-0.15, -0.1) is 0 Å². The molecule has 0 saturated carbocycles. The summed E-state index contributed by atoms with van der Waals surface area (Å²) in [5.41, 5.74) is -0.455. The summed E-state index contributed by atoms with van der Waals surface area (Å²) in [5.74, 6) is -1.24. The Bertz CT molecular complexity index is 567. The molecule has 0 saturated heterocycles. The molecule has 116 valence electrons. The SMILES string of the molecule is COCC(=O)N(C)c1cc(OC)c(Br)c(F)c1[N+](=O)OC. The number of hydrogen-bond donors (Lipinski definition) is 0. The fourth-order valence-electron chi connectivity index (χ4n) is 1.60. The Hall–Kier alpha value is -1.74. The summed E-state index contributed by atoms with van der Waals surface area (Å²) in [6, 6.07) is 1.35. The molecule has 7 nitrogen and oxygen atoms in total. The van der Waals surface area contributed by atoms with Crippen molar-refractivity contribution in [3.05, 3.63) is 21.3 Å². The van der Waals surface area contributed by atoms with Crippen LogP contribution in [0.4, 0.5) is 15.8 Å². The molecule has 0 heterocycles. The van der Waals surface area contributed by atoms with Gasteiger partial charge >= 0.3 is 5.69 Å². The van der Waals surface area contributed by atoms with Gasteiger partial charge in [0.05, 0.1) is 12.0 Å². The number of carbonyl (C=O) groups excluding carboxylic acids is 1. The summed E-state index contributed by atoms with van der Waals surface area (Å²) in [5, 5.41) is 0. The third kappa shape index (κ3) is 3.48. The van der Waals surface area contributed by atoms with Crippen molar-refractivity contribution in [1.29, 1.82) is 0 Å². The number of carbonyl (C=O) groups is 1. The predicted octanol–water partition coefficient (Wildman–Crippen LogP) is 2.18. The number of anilines is 1.